The lowest BCUT2D eigenvalue weighted by atomic mass is 10.1. The molecule has 29 heavy (non-hydrogen) atoms. The second-order valence-corrected chi connectivity index (χ2v) is 7.48. The summed E-state index contributed by atoms with van der Waals surface area (Å²) in [6.07, 6.45) is 7.52. The SMILES string of the molecule is CN(CCO)c1ccc(/C=C/C(=O)c2ccc(NC(=O)C3CCCC3)cc2)cc1. The second-order valence-electron chi connectivity index (χ2n) is 7.48. The van der Waals surface area contributed by atoms with Crippen LogP contribution in [0, 0.1) is 5.92 Å². The summed E-state index contributed by atoms with van der Waals surface area (Å²) in [5.41, 5.74) is 3.25. The highest BCUT2D eigenvalue weighted by molar-refractivity contribution is 6.07. The predicted octanol–water partition coefficient (Wildman–Crippen LogP) is 4.14. The number of hydrogen-bond acceptors (Lipinski definition) is 4. The Bertz CT molecular complexity index is 851. The zero-order valence-electron chi connectivity index (χ0n) is 16.8. The maximum absolute atomic E-state index is 12.4. The van der Waals surface area contributed by atoms with Crippen molar-refractivity contribution in [2.45, 2.75) is 25.7 Å². The third-order valence-electron chi connectivity index (χ3n) is 5.36. The number of nitrogens with zero attached hydrogens (tertiary/aromatic N) is 1. The van der Waals surface area contributed by atoms with Gasteiger partial charge in [-0.25, -0.2) is 0 Å². The van der Waals surface area contributed by atoms with Crippen LogP contribution in [0.25, 0.3) is 6.08 Å². The van der Waals surface area contributed by atoms with E-state index in [9.17, 15) is 9.59 Å². The van der Waals surface area contributed by atoms with Crippen molar-refractivity contribution in [2.24, 2.45) is 5.92 Å². The predicted molar refractivity (Wildman–Crippen MR) is 117 cm³/mol. The number of amides is 1. The Hall–Kier alpha value is -2.92. The van der Waals surface area contributed by atoms with Gasteiger partial charge in [0.25, 0.3) is 0 Å². The van der Waals surface area contributed by atoms with Crippen molar-refractivity contribution >= 4 is 29.1 Å². The number of carbonyl (C=O) groups is 2. The minimum absolute atomic E-state index is 0.0783. The molecule has 0 spiro atoms. The van der Waals surface area contributed by atoms with Crippen LogP contribution >= 0.6 is 0 Å². The van der Waals surface area contributed by atoms with Crippen LogP contribution in [0.15, 0.2) is 54.6 Å². The normalized spacial score (nSPS) is 14.3. The Morgan fingerprint density at radius 3 is 2.34 bits per heavy atom. The molecule has 5 heteroatoms. The van der Waals surface area contributed by atoms with E-state index in [-0.39, 0.29) is 24.2 Å². The fourth-order valence-corrected chi connectivity index (χ4v) is 3.54. The molecule has 0 aliphatic heterocycles. The molecule has 0 unspecified atom stereocenters. The first-order valence-electron chi connectivity index (χ1n) is 10.1. The summed E-state index contributed by atoms with van der Waals surface area (Å²) in [7, 11) is 1.92. The highest BCUT2D eigenvalue weighted by atomic mass is 16.3. The van der Waals surface area contributed by atoms with Gasteiger partial charge in [0.05, 0.1) is 6.61 Å². The third-order valence-corrected chi connectivity index (χ3v) is 5.36. The van der Waals surface area contributed by atoms with Crippen molar-refractivity contribution in [3.8, 4) is 0 Å². The van der Waals surface area contributed by atoms with Crippen molar-refractivity contribution in [3.63, 3.8) is 0 Å². The van der Waals surface area contributed by atoms with Crippen molar-refractivity contribution in [1.82, 2.24) is 0 Å². The molecule has 2 N–H and O–H groups in total. The molecule has 3 rings (SSSR count). The van der Waals surface area contributed by atoms with E-state index < -0.39 is 0 Å². The number of allylic oxidation sites excluding steroid dienone is 1. The minimum Gasteiger partial charge on any atom is -0.395 e. The Balaban J connectivity index is 1.56. The Morgan fingerprint density at radius 1 is 1.07 bits per heavy atom. The summed E-state index contributed by atoms with van der Waals surface area (Å²) >= 11 is 0. The molecule has 2 aromatic carbocycles. The zero-order chi connectivity index (χ0) is 20.6. The van der Waals surface area contributed by atoms with Gasteiger partial charge in [0.1, 0.15) is 0 Å². The van der Waals surface area contributed by atoms with Crippen molar-refractivity contribution in [3.05, 3.63) is 65.7 Å². The average molecular weight is 392 g/mol. The molecule has 0 bridgehead atoms. The molecule has 0 saturated heterocycles. The van der Waals surface area contributed by atoms with Crippen molar-refractivity contribution < 1.29 is 14.7 Å². The van der Waals surface area contributed by atoms with Crippen molar-refractivity contribution in [1.29, 1.82) is 0 Å². The first-order valence-corrected chi connectivity index (χ1v) is 10.1. The first kappa shape index (κ1) is 20.8. The minimum atomic E-state index is -0.0832. The topological polar surface area (TPSA) is 69.6 Å². The molecule has 152 valence electrons. The quantitative estimate of drug-likeness (QED) is 0.523. The summed E-state index contributed by atoms with van der Waals surface area (Å²) < 4.78 is 0. The van der Waals surface area contributed by atoms with E-state index in [0.717, 1.165) is 42.6 Å². The van der Waals surface area contributed by atoms with E-state index in [2.05, 4.69) is 5.32 Å². The average Bonchev–Trinajstić information content (AvgIpc) is 3.28. The third kappa shape index (κ3) is 5.78. The largest absolute Gasteiger partial charge is 0.395 e. The highest BCUT2D eigenvalue weighted by Gasteiger charge is 2.22. The number of nitrogens with one attached hydrogen (secondary N) is 1. The monoisotopic (exact) mass is 392 g/mol. The Morgan fingerprint density at radius 2 is 1.72 bits per heavy atom. The maximum Gasteiger partial charge on any atom is 0.227 e. The molecule has 1 amide bonds. The van der Waals surface area contributed by atoms with Gasteiger partial charge in [-0.05, 0) is 60.9 Å². The number of hydrogen-bond donors (Lipinski definition) is 2. The molecule has 5 nitrogen and oxygen atoms in total. The Kier molecular flexibility index (Phi) is 7.19. The van der Waals surface area contributed by atoms with E-state index >= 15 is 0 Å². The van der Waals surface area contributed by atoms with Gasteiger partial charge in [-0.2, -0.15) is 0 Å². The lowest BCUT2D eigenvalue weighted by molar-refractivity contribution is -0.119. The molecular weight excluding hydrogens is 364 g/mol. The van der Waals surface area contributed by atoms with Crippen LogP contribution in [-0.4, -0.2) is 37.0 Å². The highest BCUT2D eigenvalue weighted by Crippen LogP contribution is 2.26. The lowest BCUT2D eigenvalue weighted by Gasteiger charge is -2.17. The van der Waals surface area contributed by atoms with Gasteiger partial charge in [-0.1, -0.05) is 31.1 Å². The molecule has 1 aliphatic carbocycles. The number of anilines is 2. The van der Waals surface area contributed by atoms with Crippen LogP contribution in [0.1, 0.15) is 41.6 Å². The lowest BCUT2D eigenvalue weighted by Crippen LogP contribution is -2.20. The first-order chi connectivity index (χ1) is 14.1. The maximum atomic E-state index is 12.4. The molecule has 1 aliphatic rings. The number of ketones is 1. The van der Waals surface area contributed by atoms with Gasteiger partial charge >= 0.3 is 0 Å². The van der Waals surface area contributed by atoms with Crippen LogP contribution in [0.2, 0.25) is 0 Å². The van der Waals surface area contributed by atoms with Crippen LogP contribution in [0.5, 0.6) is 0 Å². The molecule has 0 heterocycles. The standard InChI is InChI=1S/C24H28N2O3/c1-26(16-17-27)22-13-6-18(7-14-22)8-15-23(28)19-9-11-21(12-10-19)25-24(29)20-4-2-3-5-20/h6-15,20,27H,2-5,16-17H2,1H3,(H,25,29)/b15-8+. The van der Waals surface area contributed by atoms with E-state index in [1.807, 2.05) is 36.2 Å². The molecule has 1 saturated carbocycles. The molecule has 1 fully saturated rings. The Labute approximate surface area is 172 Å². The van der Waals surface area contributed by atoms with Crippen LogP contribution in [-0.2, 0) is 4.79 Å². The van der Waals surface area contributed by atoms with E-state index in [0.29, 0.717) is 12.1 Å². The fourth-order valence-electron chi connectivity index (χ4n) is 3.54. The molecule has 2 aromatic rings. The van der Waals surface area contributed by atoms with E-state index in [4.69, 9.17) is 5.11 Å². The van der Waals surface area contributed by atoms with E-state index in [1.165, 1.54) is 0 Å². The summed E-state index contributed by atoms with van der Waals surface area (Å²) in [4.78, 5) is 26.6. The number of carbonyl (C=O) groups excluding carboxylic acids is 2. The van der Waals surface area contributed by atoms with Crippen LogP contribution in [0.3, 0.4) is 0 Å². The summed E-state index contributed by atoms with van der Waals surface area (Å²) in [6.45, 7) is 0.681. The number of likely N-dealkylation sites (N-methyl/N-ethyl adjacent to an activating group) is 1. The summed E-state index contributed by atoms with van der Waals surface area (Å²) in [5.74, 6) is 0.115. The smallest absolute Gasteiger partial charge is 0.227 e. The van der Waals surface area contributed by atoms with Gasteiger partial charge in [0, 0.05) is 36.4 Å². The summed E-state index contributed by atoms with van der Waals surface area (Å²) in [5, 5.41) is 11.9. The molecule has 0 aromatic heterocycles. The van der Waals surface area contributed by atoms with Gasteiger partial charge < -0.3 is 15.3 Å². The van der Waals surface area contributed by atoms with Gasteiger partial charge in [0.15, 0.2) is 5.78 Å². The van der Waals surface area contributed by atoms with E-state index in [1.54, 1.807) is 36.4 Å². The van der Waals surface area contributed by atoms with Crippen molar-refractivity contribution in [2.75, 3.05) is 30.4 Å². The molecule has 0 radical (unpaired) electrons. The summed E-state index contributed by atoms with van der Waals surface area (Å²) in [6, 6.07) is 14.8. The fraction of sp³-hybridized carbons (Fsp3) is 0.333. The van der Waals surface area contributed by atoms with Gasteiger partial charge in [0.2, 0.25) is 5.91 Å². The second kappa shape index (κ2) is 10.0. The molecule has 0 atom stereocenters. The van der Waals surface area contributed by atoms with Crippen LogP contribution < -0.4 is 10.2 Å². The number of benzene rings is 2. The van der Waals surface area contributed by atoms with Crippen LogP contribution in [0.4, 0.5) is 11.4 Å². The number of aliphatic hydroxyl groups is 1. The zero-order valence-corrected chi connectivity index (χ0v) is 16.8. The number of aliphatic hydroxyl groups excluding tert-OH is 1. The van der Waals surface area contributed by atoms with Gasteiger partial charge in [-0.15, -0.1) is 0 Å². The molecular formula is C24H28N2O3. The van der Waals surface area contributed by atoms with Gasteiger partial charge in [-0.3, -0.25) is 9.59 Å². The number of rotatable bonds is 8.